The summed E-state index contributed by atoms with van der Waals surface area (Å²) in [5.41, 5.74) is 1.47. The Hall–Kier alpha value is -2.64. The van der Waals surface area contributed by atoms with Gasteiger partial charge in [-0.25, -0.2) is 4.79 Å². The number of halogens is 1. The second kappa shape index (κ2) is 11.1. The smallest absolute Gasteiger partial charge is 0.341 e. The first-order chi connectivity index (χ1) is 14.7. The van der Waals surface area contributed by atoms with Crippen LogP contribution in [0.4, 0.5) is 5.00 Å². The fraction of sp³-hybridized carbons (Fsp3) is 0.348. The standard InChI is InChI=1S/C23H27ClN2O4S/c1-6-26(7-2)22(28)20-15(5)19(23(29)30-14(3)4)21(31-20)25-18(27)12-11-16-9-8-10-17(24)13-16/h8-14H,6-7H2,1-5H3,(H,25,27)/b12-11-. The Bertz CT molecular complexity index is 993. The number of carbonyl (C=O) groups is 3. The highest BCUT2D eigenvalue weighted by Crippen LogP contribution is 2.35. The summed E-state index contributed by atoms with van der Waals surface area (Å²) in [4.78, 5) is 40.2. The molecule has 166 valence electrons. The van der Waals surface area contributed by atoms with Crippen LogP contribution in [0, 0.1) is 6.92 Å². The van der Waals surface area contributed by atoms with E-state index in [4.69, 9.17) is 16.3 Å². The van der Waals surface area contributed by atoms with Gasteiger partial charge in [0.25, 0.3) is 5.91 Å². The molecule has 1 N–H and O–H groups in total. The summed E-state index contributed by atoms with van der Waals surface area (Å²) in [6.45, 7) is 10.1. The highest BCUT2D eigenvalue weighted by Gasteiger charge is 2.28. The molecule has 0 unspecified atom stereocenters. The fourth-order valence-corrected chi connectivity index (χ4v) is 4.28. The number of rotatable bonds is 8. The number of thiophene rings is 1. The van der Waals surface area contributed by atoms with Gasteiger partial charge in [-0.2, -0.15) is 0 Å². The first-order valence-corrected chi connectivity index (χ1v) is 11.3. The van der Waals surface area contributed by atoms with E-state index in [1.165, 1.54) is 6.08 Å². The van der Waals surface area contributed by atoms with Gasteiger partial charge in [0, 0.05) is 24.2 Å². The number of ether oxygens (including phenoxy) is 1. The number of amides is 2. The Balaban J connectivity index is 2.37. The van der Waals surface area contributed by atoms with Crippen LogP contribution in [0.1, 0.15) is 58.9 Å². The van der Waals surface area contributed by atoms with E-state index >= 15 is 0 Å². The molecule has 2 rings (SSSR count). The lowest BCUT2D eigenvalue weighted by Gasteiger charge is -2.18. The highest BCUT2D eigenvalue weighted by atomic mass is 35.5. The van der Waals surface area contributed by atoms with Crippen molar-refractivity contribution in [3.8, 4) is 0 Å². The van der Waals surface area contributed by atoms with Gasteiger partial charge in [-0.3, -0.25) is 9.59 Å². The minimum absolute atomic E-state index is 0.180. The maximum atomic E-state index is 12.9. The van der Waals surface area contributed by atoms with E-state index in [1.54, 1.807) is 49.9 Å². The third-order valence-corrected chi connectivity index (χ3v) is 5.88. The molecule has 2 amide bonds. The van der Waals surface area contributed by atoms with Gasteiger partial charge in [0.2, 0.25) is 5.91 Å². The monoisotopic (exact) mass is 462 g/mol. The van der Waals surface area contributed by atoms with Crippen molar-refractivity contribution in [2.75, 3.05) is 18.4 Å². The molecule has 6 nitrogen and oxygen atoms in total. The summed E-state index contributed by atoms with van der Waals surface area (Å²) >= 11 is 7.05. The molecule has 0 aliphatic carbocycles. The van der Waals surface area contributed by atoms with Crippen LogP contribution in [0.25, 0.3) is 6.08 Å². The average Bonchev–Trinajstić information content (AvgIpc) is 3.02. The maximum Gasteiger partial charge on any atom is 0.341 e. The van der Waals surface area contributed by atoms with Crippen molar-refractivity contribution in [2.24, 2.45) is 0 Å². The molecule has 0 saturated carbocycles. The van der Waals surface area contributed by atoms with E-state index in [1.807, 2.05) is 19.9 Å². The number of hydrogen-bond acceptors (Lipinski definition) is 5. The van der Waals surface area contributed by atoms with Crippen LogP contribution in [0.5, 0.6) is 0 Å². The van der Waals surface area contributed by atoms with E-state index in [-0.39, 0.29) is 17.6 Å². The molecule has 1 aromatic heterocycles. The van der Waals surface area contributed by atoms with Gasteiger partial charge in [0.15, 0.2) is 0 Å². The van der Waals surface area contributed by atoms with Gasteiger partial charge in [0.1, 0.15) is 5.00 Å². The summed E-state index contributed by atoms with van der Waals surface area (Å²) in [6, 6.07) is 7.08. The molecule has 31 heavy (non-hydrogen) atoms. The number of anilines is 1. The number of carbonyl (C=O) groups excluding carboxylic acids is 3. The van der Waals surface area contributed by atoms with Crippen molar-refractivity contribution >= 4 is 51.8 Å². The minimum Gasteiger partial charge on any atom is -0.459 e. The summed E-state index contributed by atoms with van der Waals surface area (Å²) in [5.74, 6) is -1.18. The van der Waals surface area contributed by atoms with E-state index in [9.17, 15) is 14.4 Å². The lowest BCUT2D eigenvalue weighted by molar-refractivity contribution is -0.111. The van der Waals surface area contributed by atoms with Crippen LogP contribution in [-0.4, -0.2) is 41.9 Å². The average molecular weight is 463 g/mol. The SMILES string of the molecule is CCN(CC)C(=O)c1sc(NC(=O)/C=C\c2cccc(Cl)c2)c(C(=O)OC(C)C)c1C. The molecule has 1 aromatic carbocycles. The summed E-state index contributed by atoms with van der Waals surface area (Å²) in [7, 11) is 0. The van der Waals surface area contributed by atoms with E-state index < -0.39 is 11.9 Å². The fourth-order valence-electron chi connectivity index (χ4n) is 2.91. The molecule has 1 heterocycles. The van der Waals surface area contributed by atoms with Crippen LogP contribution in [0.15, 0.2) is 30.3 Å². The topological polar surface area (TPSA) is 75.7 Å². The zero-order chi connectivity index (χ0) is 23.1. The second-order valence-corrected chi connectivity index (χ2v) is 8.53. The van der Waals surface area contributed by atoms with Crippen LogP contribution in [0.2, 0.25) is 5.02 Å². The lowest BCUT2D eigenvalue weighted by atomic mass is 10.1. The van der Waals surface area contributed by atoms with E-state index in [2.05, 4.69) is 5.32 Å². The van der Waals surface area contributed by atoms with Crippen molar-refractivity contribution in [3.05, 3.63) is 56.9 Å². The Morgan fingerprint density at radius 1 is 1.23 bits per heavy atom. The number of hydrogen-bond donors (Lipinski definition) is 1. The zero-order valence-corrected chi connectivity index (χ0v) is 19.9. The van der Waals surface area contributed by atoms with Crippen molar-refractivity contribution in [3.63, 3.8) is 0 Å². The molecule has 0 fully saturated rings. The molecule has 0 bridgehead atoms. The molecule has 8 heteroatoms. The van der Waals surface area contributed by atoms with Gasteiger partial charge < -0.3 is 15.0 Å². The maximum absolute atomic E-state index is 12.9. The predicted molar refractivity (Wildman–Crippen MR) is 126 cm³/mol. The van der Waals surface area contributed by atoms with Crippen molar-refractivity contribution in [2.45, 2.75) is 40.7 Å². The molecular formula is C23H27ClN2O4S. The Morgan fingerprint density at radius 3 is 2.48 bits per heavy atom. The summed E-state index contributed by atoms with van der Waals surface area (Å²) in [6.07, 6.45) is 2.64. The summed E-state index contributed by atoms with van der Waals surface area (Å²) in [5, 5.41) is 3.58. The van der Waals surface area contributed by atoms with Gasteiger partial charge >= 0.3 is 5.97 Å². The lowest BCUT2D eigenvalue weighted by Crippen LogP contribution is -2.30. The van der Waals surface area contributed by atoms with Crippen LogP contribution >= 0.6 is 22.9 Å². The third-order valence-electron chi connectivity index (χ3n) is 4.45. The van der Waals surface area contributed by atoms with Crippen molar-refractivity contribution in [1.82, 2.24) is 4.90 Å². The molecule has 0 spiro atoms. The Kier molecular flexibility index (Phi) is 8.83. The molecule has 0 aliphatic rings. The van der Waals surface area contributed by atoms with Crippen LogP contribution in [-0.2, 0) is 9.53 Å². The van der Waals surface area contributed by atoms with Crippen molar-refractivity contribution < 1.29 is 19.1 Å². The number of esters is 1. The van der Waals surface area contributed by atoms with Gasteiger partial charge in [0.05, 0.1) is 16.5 Å². The Labute approximate surface area is 191 Å². The van der Waals surface area contributed by atoms with Gasteiger partial charge in [-0.1, -0.05) is 23.7 Å². The normalized spacial score (nSPS) is 11.1. The molecule has 0 atom stereocenters. The molecule has 0 aliphatic heterocycles. The zero-order valence-electron chi connectivity index (χ0n) is 18.3. The van der Waals surface area contributed by atoms with Crippen LogP contribution in [0.3, 0.4) is 0 Å². The first-order valence-electron chi connectivity index (χ1n) is 10.1. The number of nitrogens with zero attached hydrogens (tertiary/aromatic N) is 1. The predicted octanol–water partition coefficient (Wildman–Crippen LogP) is 5.41. The van der Waals surface area contributed by atoms with E-state index in [0.717, 1.165) is 16.9 Å². The molecule has 2 aromatic rings. The molecule has 0 radical (unpaired) electrons. The van der Waals surface area contributed by atoms with E-state index in [0.29, 0.717) is 33.6 Å². The minimum atomic E-state index is -0.573. The quantitative estimate of drug-likeness (QED) is 0.420. The first kappa shape index (κ1) is 24.6. The second-order valence-electron chi connectivity index (χ2n) is 7.07. The highest BCUT2D eigenvalue weighted by molar-refractivity contribution is 7.18. The van der Waals surface area contributed by atoms with Crippen molar-refractivity contribution in [1.29, 1.82) is 0 Å². The molecular weight excluding hydrogens is 436 g/mol. The number of benzene rings is 1. The Morgan fingerprint density at radius 2 is 1.90 bits per heavy atom. The van der Waals surface area contributed by atoms with Gasteiger partial charge in [-0.05, 0) is 64.0 Å². The number of nitrogens with one attached hydrogen (secondary N) is 1. The summed E-state index contributed by atoms with van der Waals surface area (Å²) < 4.78 is 5.35. The third kappa shape index (κ3) is 6.42. The molecule has 0 saturated heterocycles. The van der Waals surface area contributed by atoms with Gasteiger partial charge in [-0.15, -0.1) is 11.3 Å². The largest absolute Gasteiger partial charge is 0.459 e. The van der Waals surface area contributed by atoms with Crippen LogP contribution < -0.4 is 5.32 Å².